The molecule has 0 heterocycles. The zero-order chi connectivity index (χ0) is 15.2. The van der Waals surface area contributed by atoms with Crippen LogP contribution in [0.1, 0.15) is 57.4 Å². The van der Waals surface area contributed by atoms with Crippen molar-refractivity contribution in [2.45, 2.75) is 51.9 Å². The first-order chi connectivity index (χ1) is 10.0. The molecule has 0 radical (unpaired) electrons. The van der Waals surface area contributed by atoms with Gasteiger partial charge in [-0.1, -0.05) is 38.8 Å². The molecule has 1 aliphatic carbocycles. The van der Waals surface area contributed by atoms with Crippen LogP contribution in [-0.4, -0.2) is 12.5 Å². The fraction of sp³-hybridized carbons (Fsp3) is 0.611. The third-order valence-corrected chi connectivity index (χ3v) is 4.63. The second-order valence-electron chi connectivity index (χ2n) is 6.71. The normalized spacial score (nSPS) is 23.5. The molecule has 2 rings (SSSR count). The number of nitrogens with two attached hydrogens (primary N) is 1. The molecule has 1 saturated carbocycles. The summed E-state index contributed by atoms with van der Waals surface area (Å²) in [5, 5.41) is 3.12. The van der Waals surface area contributed by atoms with Crippen LogP contribution in [0.3, 0.4) is 0 Å². The van der Waals surface area contributed by atoms with Crippen LogP contribution in [0.2, 0.25) is 0 Å². The Morgan fingerprint density at radius 2 is 2.05 bits per heavy atom. The predicted octanol–water partition coefficient (Wildman–Crippen LogP) is 3.70. The van der Waals surface area contributed by atoms with Gasteiger partial charge in [0.2, 0.25) is 5.91 Å². The number of benzene rings is 1. The third-order valence-electron chi connectivity index (χ3n) is 4.63. The molecule has 116 valence electrons. The summed E-state index contributed by atoms with van der Waals surface area (Å²) in [4.78, 5) is 12.1. The smallest absolute Gasteiger partial charge is 0.220 e. The minimum absolute atomic E-state index is 0.164. The number of nitrogen functional groups attached to an aromatic ring is 1. The molecule has 3 nitrogen and oxygen atoms in total. The summed E-state index contributed by atoms with van der Waals surface area (Å²) in [5.74, 6) is 1.88. The van der Waals surface area contributed by atoms with Gasteiger partial charge in [0.05, 0.1) is 0 Å². The zero-order valence-electron chi connectivity index (χ0n) is 13.3. The molecule has 1 amide bonds. The minimum atomic E-state index is 0.164. The van der Waals surface area contributed by atoms with Gasteiger partial charge in [-0.05, 0) is 48.3 Å². The average molecular weight is 288 g/mol. The molecule has 1 aromatic carbocycles. The Balaban J connectivity index is 1.74. The Morgan fingerprint density at radius 1 is 1.33 bits per heavy atom. The van der Waals surface area contributed by atoms with Crippen molar-refractivity contribution in [2.24, 2.45) is 11.8 Å². The van der Waals surface area contributed by atoms with E-state index in [-0.39, 0.29) is 11.8 Å². The van der Waals surface area contributed by atoms with E-state index in [9.17, 15) is 4.79 Å². The summed E-state index contributed by atoms with van der Waals surface area (Å²) >= 11 is 0. The van der Waals surface area contributed by atoms with Gasteiger partial charge in [0.25, 0.3) is 0 Å². The van der Waals surface area contributed by atoms with E-state index in [4.69, 9.17) is 5.73 Å². The highest BCUT2D eigenvalue weighted by Crippen LogP contribution is 2.28. The molecule has 21 heavy (non-hydrogen) atoms. The van der Waals surface area contributed by atoms with E-state index in [0.29, 0.717) is 12.3 Å². The highest BCUT2D eigenvalue weighted by Gasteiger charge is 2.19. The van der Waals surface area contributed by atoms with E-state index >= 15 is 0 Å². The Bertz CT molecular complexity index is 455. The van der Waals surface area contributed by atoms with Crippen molar-refractivity contribution in [3.8, 4) is 0 Å². The number of nitrogens with one attached hydrogen (secondary N) is 1. The van der Waals surface area contributed by atoms with Gasteiger partial charge in [0, 0.05) is 18.7 Å². The van der Waals surface area contributed by atoms with Crippen LogP contribution in [0.5, 0.6) is 0 Å². The number of anilines is 1. The lowest BCUT2D eigenvalue weighted by atomic mass is 9.82. The van der Waals surface area contributed by atoms with Crippen LogP contribution in [0, 0.1) is 11.8 Å². The molecule has 1 aliphatic rings. The summed E-state index contributed by atoms with van der Waals surface area (Å²) in [5.41, 5.74) is 7.63. The predicted molar refractivity (Wildman–Crippen MR) is 88.0 cm³/mol. The van der Waals surface area contributed by atoms with E-state index in [1.807, 2.05) is 24.3 Å². The maximum Gasteiger partial charge on any atom is 0.220 e. The SMILES string of the molecule is CC1CCCC(CNC(=O)CC(C)c2ccc(N)cc2)C1. The topological polar surface area (TPSA) is 55.1 Å². The maximum atomic E-state index is 12.1. The second kappa shape index (κ2) is 7.48. The summed E-state index contributed by atoms with van der Waals surface area (Å²) < 4.78 is 0. The van der Waals surface area contributed by atoms with Crippen LogP contribution in [0.15, 0.2) is 24.3 Å². The molecule has 0 bridgehead atoms. The highest BCUT2D eigenvalue weighted by molar-refractivity contribution is 5.76. The molecule has 3 unspecified atom stereocenters. The van der Waals surface area contributed by atoms with Crippen LogP contribution < -0.4 is 11.1 Å². The summed E-state index contributed by atoms with van der Waals surface area (Å²) in [6.07, 6.45) is 5.72. The fourth-order valence-electron chi connectivity index (χ4n) is 3.30. The Morgan fingerprint density at radius 3 is 2.71 bits per heavy atom. The summed E-state index contributed by atoms with van der Waals surface area (Å²) in [7, 11) is 0. The van der Waals surface area contributed by atoms with Gasteiger partial charge < -0.3 is 11.1 Å². The molecule has 3 N–H and O–H groups in total. The van der Waals surface area contributed by atoms with Crippen molar-refractivity contribution in [3.63, 3.8) is 0 Å². The van der Waals surface area contributed by atoms with Crippen LogP contribution in [-0.2, 0) is 4.79 Å². The minimum Gasteiger partial charge on any atom is -0.399 e. The lowest BCUT2D eigenvalue weighted by Gasteiger charge is -2.27. The van der Waals surface area contributed by atoms with Crippen LogP contribution >= 0.6 is 0 Å². The van der Waals surface area contributed by atoms with E-state index in [1.165, 1.54) is 31.2 Å². The number of carbonyl (C=O) groups is 1. The monoisotopic (exact) mass is 288 g/mol. The first-order valence-corrected chi connectivity index (χ1v) is 8.16. The standard InChI is InChI=1S/C18H28N2O/c1-13-4-3-5-15(10-13)12-20-18(21)11-14(2)16-6-8-17(19)9-7-16/h6-9,13-15H,3-5,10-12,19H2,1-2H3,(H,20,21). The van der Waals surface area contributed by atoms with E-state index < -0.39 is 0 Å². The number of hydrogen-bond acceptors (Lipinski definition) is 2. The number of carbonyl (C=O) groups excluding carboxylic acids is 1. The molecule has 0 aliphatic heterocycles. The molecule has 0 saturated heterocycles. The highest BCUT2D eigenvalue weighted by atomic mass is 16.1. The van der Waals surface area contributed by atoms with Gasteiger partial charge in [-0.25, -0.2) is 0 Å². The lowest BCUT2D eigenvalue weighted by molar-refractivity contribution is -0.121. The lowest BCUT2D eigenvalue weighted by Crippen LogP contribution is -2.32. The molecular formula is C18H28N2O. The van der Waals surface area contributed by atoms with Gasteiger partial charge in [-0.3, -0.25) is 4.79 Å². The Hall–Kier alpha value is -1.51. The molecule has 0 spiro atoms. The number of hydrogen-bond donors (Lipinski definition) is 2. The number of rotatable bonds is 5. The molecule has 1 aromatic rings. The average Bonchev–Trinajstić information content (AvgIpc) is 2.46. The first-order valence-electron chi connectivity index (χ1n) is 8.16. The van der Waals surface area contributed by atoms with Gasteiger partial charge in [0.15, 0.2) is 0 Å². The van der Waals surface area contributed by atoms with E-state index in [1.54, 1.807) is 0 Å². The van der Waals surface area contributed by atoms with Gasteiger partial charge in [-0.2, -0.15) is 0 Å². The van der Waals surface area contributed by atoms with Gasteiger partial charge in [-0.15, -0.1) is 0 Å². The summed E-state index contributed by atoms with van der Waals surface area (Å²) in [6, 6.07) is 7.81. The van der Waals surface area contributed by atoms with Crippen LogP contribution in [0.25, 0.3) is 0 Å². The fourth-order valence-corrected chi connectivity index (χ4v) is 3.30. The van der Waals surface area contributed by atoms with Crippen LogP contribution in [0.4, 0.5) is 5.69 Å². The third kappa shape index (κ3) is 5.07. The second-order valence-corrected chi connectivity index (χ2v) is 6.71. The molecule has 1 fully saturated rings. The maximum absolute atomic E-state index is 12.1. The number of amides is 1. The molecule has 0 aromatic heterocycles. The van der Waals surface area contributed by atoms with E-state index in [2.05, 4.69) is 19.2 Å². The molecule has 3 atom stereocenters. The van der Waals surface area contributed by atoms with Crippen molar-refractivity contribution in [1.82, 2.24) is 5.32 Å². The van der Waals surface area contributed by atoms with Crippen molar-refractivity contribution in [3.05, 3.63) is 29.8 Å². The van der Waals surface area contributed by atoms with Crippen molar-refractivity contribution in [2.75, 3.05) is 12.3 Å². The molecular weight excluding hydrogens is 260 g/mol. The largest absolute Gasteiger partial charge is 0.399 e. The van der Waals surface area contributed by atoms with Gasteiger partial charge in [0.1, 0.15) is 0 Å². The first kappa shape index (κ1) is 15.9. The molecule has 3 heteroatoms. The van der Waals surface area contributed by atoms with Crippen molar-refractivity contribution in [1.29, 1.82) is 0 Å². The zero-order valence-corrected chi connectivity index (χ0v) is 13.3. The van der Waals surface area contributed by atoms with Crippen molar-refractivity contribution >= 4 is 11.6 Å². The van der Waals surface area contributed by atoms with E-state index in [0.717, 1.165) is 18.2 Å². The quantitative estimate of drug-likeness (QED) is 0.812. The Kier molecular flexibility index (Phi) is 5.66. The summed E-state index contributed by atoms with van der Waals surface area (Å²) in [6.45, 7) is 5.25. The van der Waals surface area contributed by atoms with Crippen molar-refractivity contribution < 1.29 is 4.79 Å². The van der Waals surface area contributed by atoms with Gasteiger partial charge >= 0.3 is 0 Å². The Labute approximate surface area is 128 Å².